The zero-order chi connectivity index (χ0) is 11.8. The third kappa shape index (κ3) is 2.19. The van der Waals surface area contributed by atoms with E-state index in [4.69, 9.17) is 4.74 Å². The summed E-state index contributed by atoms with van der Waals surface area (Å²) in [6.07, 6.45) is 1.19. The molecular formula is C11H13FO3S. The van der Waals surface area contributed by atoms with Crippen molar-refractivity contribution in [1.82, 2.24) is 0 Å². The van der Waals surface area contributed by atoms with Crippen LogP contribution in [-0.4, -0.2) is 20.8 Å². The van der Waals surface area contributed by atoms with Gasteiger partial charge in [0.2, 0.25) is 0 Å². The van der Waals surface area contributed by atoms with E-state index in [1.807, 2.05) is 12.1 Å². The summed E-state index contributed by atoms with van der Waals surface area (Å²) in [6, 6.07) is 5.47. The highest BCUT2D eigenvalue weighted by Crippen LogP contribution is 2.28. The maximum atomic E-state index is 12.9. The second kappa shape index (κ2) is 4.05. The summed E-state index contributed by atoms with van der Waals surface area (Å²) in [5.41, 5.74) is 1.96. The summed E-state index contributed by atoms with van der Waals surface area (Å²) in [6.45, 7) is 0. The predicted octanol–water partition coefficient (Wildman–Crippen LogP) is 1.85. The molecule has 5 heteroatoms. The van der Waals surface area contributed by atoms with Crippen molar-refractivity contribution in [1.29, 1.82) is 0 Å². The van der Waals surface area contributed by atoms with Crippen molar-refractivity contribution in [3.05, 3.63) is 29.3 Å². The van der Waals surface area contributed by atoms with Crippen LogP contribution in [0.15, 0.2) is 18.2 Å². The fourth-order valence-corrected chi connectivity index (χ4v) is 2.84. The van der Waals surface area contributed by atoms with E-state index in [2.05, 4.69) is 0 Å². The van der Waals surface area contributed by atoms with Crippen LogP contribution in [0, 0.1) is 0 Å². The summed E-state index contributed by atoms with van der Waals surface area (Å²) in [5, 5.41) is -0.881. The summed E-state index contributed by atoms with van der Waals surface area (Å²) >= 11 is 0. The number of benzene rings is 1. The molecule has 16 heavy (non-hydrogen) atoms. The number of ether oxygens (including phenoxy) is 1. The second-order valence-corrected chi connectivity index (χ2v) is 5.59. The van der Waals surface area contributed by atoms with Crippen molar-refractivity contribution in [2.75, 3.05) is 7.11 Å². The molecule has 1 atom stereocenters. The van der Waals surface area contributed by atoms with Crippen LogP contribution in [0.5, 0.6) is 5.75 Å². The van der Waals surface area contributed by atoms with Gasteiger partial charge in [-0.05, 0) is 42.5 Å². The Morgan fingerprint density at radius 2 is 2.12 bits per heavy atom. The van der Waals surface area contributed by atoms with E-state index in [0.717, 1.165) is 16.9 Å². The van der Waals surface area contributed by atoms with Gasteiger partial charge in [-0.2, -0.15) is 8.42 Å². The molecule has 0 aliphatic heterocycles. The Kier molecular flexibility index (Phi) is 2.88. The number of fused-ring (bicyclic) bond motifs is 1. The number of halogens is 1. The van der Waals surface area contributed by atoms with Gasteiger partial charge in [-0.1, -0.05) is 6.07 Å². The normalized spacial score (nSPS) is 20.2. The van der Waals surface area contributed by atoms with E-state index >= 15 is 0 Å². The van der Waals surface area contributed by atoms with Gasteiger partial charge in [0.25, 0.3) is 0 Å². The third-order valence-electron chi connectivity index (χ3n) is 2.99. The van der Waals surface area contributed by atoms with Gasteiger partial charge in [0, 0.05) is 0 Å². The lowest BCUT2D eigenvalue weighted by Crippen LogP contribution is -2.25. The lowest BCUT2D eigenvalue weighted by atomic mass is 9.91. The van der Waals surface area contributed by atoms with Gasteiger partial charge < -0.3 is 4.74 Å². The maximum absolute atomic E-state index is 12.9. The molecule has 88 valence electrons. The van der Waals surface area contributed by atoms with E-state index in [1.165, 1.54) is 0 Å². The molecule has 0 bridgehead atoms. The van der Waals surface area contributed by atoms with E-state index in [1.54, 1.807) is 13.2 Å². The molecule has 0 saturated heterocycles. The minimum Gasteiger partial charge on any atom is -0.497 e. The second-order valence-electron chi connectivity index (χ2n) is 3.98. The summed E-state index contributed by atoms with van der Waals surface area (Å²) in [7, 11) is -2.83. The van der Waals surface area contributed by atoms with Crippen molar-refractivity contribution < 1.29 is 17.0 Å². The van der Waals surface area contributed by atoms with Gasteiger partial charge in [-0.25, -0.2) is 0 Å². The number of methoxy groups -OCH3 is 1. The lowest BCUT2D eigenvalue weighted by Gasteiger charge is -2.21. The minimum absolute atomic E-state index is 0.262. The predicted molar refractivity (Wildman–Crippen MR) is 58.8 cm³/mol. The van der Waals surface area contributed by atoms with Gasteiger partial charge in [0.1, 0.15) is 5.75 Å². The van der Waals surface area contributed by atoms with Crippen LogP contribution in [0.3, 0.4) is 0 Å². The van der Waals surface area contributed by atoms with Crippen LogP contribution < -0.4 is 4.74 Å². The standard InChI is InChI=1S/C11H13FO3S/c1-15-10-4-2-9-7-11(16(12,13)14)5-3-8(9)6-10/h2,4,6,11H,3,5,7H2,1H3. The molecule has 0 amide bonds. The number of hydrogen-bond acceptors (Lipinski definition) is 3. The van der Waals surface area contributed by atoms with Crippen molar-refractivity contribution in [3.8, 4) is 5.75 Å². The fourth-order valence-electron chi connectivity index (χ4n) is 2.07. The van der Waals surface area contributed by atoms with Crippen molar-refractivity contribution >= 4 is 10.2 Å². The number of rotatable bonds is 2. The van der Waals surface area contributed by atoms with E-state index < -0.39 is 15.5 Å². The van der Waals surface area contributed by atoms with Crippen LogP contribution in [0.25, 0.3) is 0 Å². The summed E-state index contributed by atoms with van der Waals surface area (Å²) in [4.78, 5) is 0. The quantitative estimate of drug-likeness (QED) is 0.746. The summed E-state index contributed by atoms with van der Waals surface area (Å²) < 4.78 is 39.6. The molecule has 2 rings (SSSR count). The molecule has 0 saturated carbocycles. The minimum atomic E-state index is -4.42. The van der Waals surface area contributed by atoms with Gasteiger partial charge in [0.05, 0.1) is 12.4 Å². The van der Waals surface area contributed by atoms with Crippen LogP contribution in [0.2, 0.25) is 0 Å². The molecule has 0 N–H and O–H groups in total. The van der Waals surface area contributed by atoms with Gasteiger partial charge in [0.15, 0.2) is 0 Å². The number of aryl methyl sites for hydroxylation is 1. The fraction of sp³-hybridized carbons (Fsp3) is 0.455. The highest BCUT2D eigenvalue weighted by molar-refractivity contribution is 7.87. The van der Waals surface area contributed by atoms with Gasteiger partial charge in [-0.15, -0.1) is 3.89 Å². The first-order valence-corrected chi connectivity index (χ1v) is 6.54. The Hall–Kier alpha value is -1.10. The van der Waals surface area contributed by atoms with Crippen LogP contribution in [0.4, 0.5) is 3.89 Å². The van der Waals surface area contributed by atoms with Crippen LogP contribution >= 0.6 is 0 Å². The Morgan fingerprint density at radius 3 is 2.75 bits per heavy atom. The largest absolute Gasteiger partial charge is 0.497 e. The van der Waals surface area contributed by atoms with Gasteiger partial charge in [-0.3, -0.25) is 0 Å². The maximum Gasteiger partial charge on any atom is 0.305 e. The van der Waals surface area contributed by atoms with Crippen LogP contribution in [0.1, 0.15) is 17.5 Å². The average Bonchev–Trinajstić information content (AvgIpc) is 2.26. The highest BCUT2D eigenvalue weighted by Gasteiger charge is 2.29. The lowest BCUT2D eigenvalue weighted by molar-refractivity contribution is 0.413. The smallest absolute Gasteiger partial charge is 0.305 e. The Morgan fingerprint density at radius 1 is 1.38 bits per heavy atom. The number of hydrogen-bond donors (Lipinski definition) is 0. The van der Waals surface area contributed by atoms with Crippen molar-refractivity contribution in [2.45, 2.75) is 24.5 Å². The Labute approximate surface area is 94.5 Å². The molecule has 3 nitrogen and oxygen atoms in total. The molecule has 0 radical (unpaired) electrons. The first kappa shape index (κ1) is 11.4. The molecule has 0 fully saturated rings. The van der Waals surface area contributed by atoms with Crippen LogP contribution in [-0.2, 0) is 23.1 Å². The third-order valence-corrected chi connectivity index (χ3v) is 4.19. The van der Waals surface area contributed by atoms with Crippen molar-refractivity contribution in [3.63, 3.8) is 0 Å². The van der Waals surface area contributed by atoms with E-state index in [-0.39, 0.29) is 6.42 Å². The monoisotopic (exact) mass is 244 g/mol. The average molecular weight is 244 g/mol. The molecule has 0 aromatic heterocycles. The Balaban J connectivity index is 2.29. The zero-order valence-electron chi connectivity index (χ0n) is 8.94. The van der Waals surface area contributed by atoms with E-state index in [9.17, 15) is 12.3 Å². The molecule has 1 aliphatic rings. The molecule has 1 unspecified atom stereocenters. The topological polar surface area (TPSA) is 43.4 Å². The molecular weight excluding hydrogens is 231 g/mol. The Bertz CT molecular complexity index is 496. The highest BCUT2D eigenvalue weighted by atomic mass is 32.3. The molecule has 0 heterocycles. The van der Waals surface area contributed by atoms with Crippen molar-refractivity contribution in [2.24, 2.45) is 0 Å². The zero-order valence-corrected chi connectivity index (χ0v) is 9.76. The summed E-state index contributed by atoms with van der Waals surface area (Å²) in [5.74, 6) is 0.750. The van der Waals surface area contributed by atoms with Gasteiger partial charge >= 0.3 is 10.2 Å². The first-order chi connectivity index (χ1) is 7.50. The molecule has 1 aromatic carbocycles. The molecule has 1 aromatic rings. The molecule has 0 spiro atoms. The van der Waals surface area contributed by atoms with E-state index in [0.29, 0.717) is 12.8 Å². The first-order valence-electron chi connectivity index (χ1n) is 5.10. The SMILES string of the molecule is COc1ccc2c(c1)CCC(S(=O)(=O)F)C2. The molecule has 1 aliphatic carbocycles.